The van der Waals surface area contributed by atoms with Crippen LogP contribution >= 0.6 is 22.9 Å². The molecule has 52 valence electrons. The van der Waals surface area contributed by atoms with Crippen molar-refractivity contribution in [1.82, 2.24) is 0 Å². The van der Waals surface area contributed by atoms with Gasteiger partial charge in [0.25, 0.3) is 0 Å². The molecule has 0 radical (unpaired) electrons. The Bertz CT molecular complexity index is 285. The molecule has 2 heteroatoms. The summed E-state index contributed by atoms with van der Waals surface area (Å²) in [7, 11) is 0. The first-order valence-electron chi connectivity index (χ1n) is 3.24. The zero-order valence-corrected chi connectivity index (χ0v) is 7.06. The minimum Gasteiger partial charge on any atom is -0.123 e. The SMILES string of the molecule is C=C1CCc2cc(Cl)sc21. The first kappa shape index (κ1) is 6.44. The molecule has 0 aliphatic heterocycles. The van der Waals surface area contributed by atoms with Crippen LogP contribution < -0.4 is 0 Å². The highest BCUT2D eigenvalue weighted by Crippen LogP contribution is 2.39. The number of fused-ring (bicyclic) bond motifs is 1. The molecule has 0 fully saturated rings. The van der Waals surface area contributed by atoms with Crippen molar-refractivity contribution < 1.29 is 0 Å². The Kier molecular flexibility index (Phi) is 1.36. The average molecular weight is 171 g/mol. The van der Waals surface area contributed by atoms with Crippen molar-refractivity contribution in [3.05, 3.63) is 27.4 Å². The van der Waals surface area contributed by atoms with E-state index in [4.69, 9.17) is 11.6 Å². The predicted molar refractivity (Wildman–Crippen MR) is 46.7 cm³/mol. The first-order valence-corrected chi connectivity index (χ1v) is 4.43. The van der Waals surface area contributed by atoms with Crippen LogP contribution in [0.2, 0.25) is 4.34 Å². The third-order valence-electron chi connectivity index (χ3n) is 1.80. The van der Waals surface area contributed by atoms with Crippen molar-refractivity contribution in [3.63, 3.8) is 0 Å². The van der Waals surface area contributed by atoms with Gasteiger partial charge in [0.15, 0.2) is 0 Å². The number of rotatable bonds is 0. The second-order valence-corrected chi connectivity index (χ2v) is 4.19. The molecular formula is C8H7ClS. The Labute approximate surface area is 69.1 Å². The summed E-state index contributed by atoms with van der Waals surface area (Å²) >= 11 is 7.47. The molecular weight excluding hydrogens is 164 g/mol. The van der Waals surface area contributed by atoms with Crippen LogP contribution in [0.25, 0.3) is 5.57 Å². The molecule has 0 bridgehead atoms. The zero-order valence-electron chi connectivity index (χ0n) is 5.48. The number of allylic oxidation sites excluding steroid dienone is 1. The Morgan fingerprint density at radius 1 is 1.50 bits per heavy atom. The number of hydrogen-bond acceptors (Lipinski definition) is 1. The van der Waals surface area contributed by atoms with Crippen molar-refractivity contribution in [1.29, 1.82) is 0 Å². The van der Waals surface area contributed by atoms with Crippen LogP contribution in [0.1, 0.15) is 16.9 Å². The van der Waals surface area contributed by atoms with Gasteiger partial charge in [-0.2, -0.15) is 0 Å². The Hall–Kier alpha value is -0.270. The first-order chi connectivity index (χ1) is 4.77. The van der Waals surface area contributed by atoms with E-state index in [1.165, 1.54) is 16.0 Å². The van der Waals surface area contributed by atoms with Gasteiger partial charge in [0, 0.05) is 4.88 Å². The minimum absolute atomic E-state index is 0.894. The zero-order chi connectivity index (χ0) is 7.14. The predicted octanol–water partition coefficient (Wildman–Crippen LogP) is 3.36. The molecule has 1 aliphatic rings. The van der Waals surface area contributed by atoms with Crippen molar-refractivity contribution in [2.75, 3.05) is 0 Å². The number of thiophene rings is 1. The second-order valence-electron chi connectivity index (χ2n) is 2.51. The number of hydrogen-bond donors (Lipinski definition) is 0. The van der Waals surface area contributed by atoms with E-state index in [1.807, 2.05) is 0 Å². The highest BCUT2D eigenvalue weighted by molar-refractivity contribution is 7.17. The maximum atomic E-state index is 5.82. The van der Waals surface area contributed by atoms with Gasteiger partial charge in [0.1, 0.15) is 0 Å². The van der Waals surface area contributed by atoms with E-state index in [1.54, 1.807) is 11.3 Å². The summed E-state index contributed by atoms with van der Waals surface area (Å²) in [5.74, 6) is 0. The Morgan fingerprint density at radius 3 is 3.00 bits per heavy atom. The lowest BCUT2D eigenvalue weighted by Crippen LogP contribution is -1.67. The fraction of sp³-hybridized carbons (Fsp3) is 0.250. The molecule has 0 saturated carbocycles. The largest absolute Gasteiger partial charge is 0.123 e. The molecule has 1 aliphatic carbocycles. The van der Waals surface area contributed by atoms with Crippen LogP contribution in [0, 0.1) is 0 Å². The molecule has 0 N–H and O–H groups in total. The van der Waals surface area contributed by atoms with Gasteiger partial charge >= 0.3 is 0 Å². The molecule has 0 spiro atoms. The maximum absolute atomic E-state index is 5.82. The summed E-state index contributed by atoms with van der Waals surface area (Å²) in [6, 6.07) is 2.06. The van der Waals surface area contributed by atoms with Crippen LogP contribution in [0.3, 0.4) is 0 Å². The van der Waals surface area contributed by atoms with Crippen molar-refractivity contribution in [3.8, 4) is 0 Å². The second kappa shape index (κ2) is 2.11. The maximum Gasteiger partial charge on any atom is 0.0937 e. The summed E-state index contributed by atoms with van der Waals surface area (Å²) < 4.78 is 0.894. The molecule has 0 aromatic carbocycles. The van der Waals surface area contributed by atoms with Gasteiger partial charge < -0.3 is 0 Å². The third-order valence-corrected chi connectivity index (χ3v) is 3.20. The van der Waals surface area contributed by atoms with Crippen molar-refractivity contribution >= 4 is 28.5 Å². The summed E-state index contributed by atoms with van der Waals surface area (Å²) in [5.41, 5.74) is 2.65. The van der Waals surface area contributed by atoms with Gasteiger partial charge in [-0.15, -0.1) is 11.3 Å². The van der Waals surface area contributed by atoms with E-state index in [-0.39, 0.29) is 0 Å². The van der Waals surface area contributed by atoms with Crippen molar-refractivity contribution in [2.24, 2.45) is 0 Å². The van der Waals surface area contributed by atoms with E-state index < -0.39 is 0 Å². The van der Waals surface area contributed by atoms with Crippen LogP contribution in [0.5, 0.6) is 0 Å². The normalized spacial score (nSPS) is 15.9. The van der Waals surface area contributed by atoms with Gasteiger partial charge in [-0.1, -0.05) is 18.2 Å². The van der Waals surface area contributed by atoms with E-state index >= 15 is 0 Å². The Balaban J connectivity index is 2.59. The van der Waals surface area contributed by atoms with E-state index in [0.29, 0.717) is 0 Å². The van der Waals surface area contributed by atoms with Crippen LogP contribution in [0.15, 0.2) is 12.6 Å². The lowest BCUT2D eigenvalue weighted by Gasteiger charge is -1.87. The highest BCUT2D eigenvalue weighted by atomic mass is 35.5. The standard InChI is InChI=1S/C8H7ClS/c1-5-2-3-6-4-7(9)10-8(5)6/h4H,1-3H2. The average Bonchev–Trinajstić information content (AvgIpc) is 2.35. The Morgan fingerprint density at radius 2 is 2.30 bits per heavy atom. The highest BCUT2D eigenvalue weighted by Gasteiger charge is 2.16. The quantitative estimate of drug-likeness (QED) is 0.560. The summed E-state index contributed by atoms with van der Waals surface area (Å²) in [4.78, 5) is 1.32. The molecule has 0 saturated heterocycles. The van der Waals surface area contributed by atoms with Gasteiger partial charge in [0.2, 0.25) is 0 Å². The summed E-state index contributed by atoms with van der Waals surface area (Å²) in [5, 5.41) is 0. The lowest BCUT2D eigenvalue weighted by atomic mass is 10.3. The van der Waals surface area contributed by atoms with Gasteiger partial charge in [-0.3, -0.25) is 0 Å². The summed E-state index contributed by atoms with van der Waals surface area (Å²) in [6.45, 7) is 3.96. The lowest BCUT2D eigenvalue weighted by molar-refractivity contribution is 1.08. The van der Waals surface area contributed by atoms with Gasteiger partial charge in [-0.05, 0) is 30.0 Å². The molecule has 1 aromatic rings. The minimum atomic E-state index is 0.894. The van der Waals surface area contributed by atoms with Crippen LogP contribution in [0.4, 0.5) is 0 Å². The monoisotopic (exact) mass is 170 g/mol. The topological polar surface area (TPSA) is 0 Å². The smallest absolute Gasteiger partial charge is 0.0937 e. The fourth-order valence-corrected chi connectivity index (χ4v) is 2.58. The van der Waals surface area contributed by atoms with E-state index in [2.05, 4.69) is 12.6 Å². The number of aryl methyl sites for hydroxylation is 1. The van der Waals surface area contributed by atoms with E-state index in [0.717, 1.165) is 17.2 Å². The fourth-order valence-electron chi connectivity index (χ4n) is 1.28. The molecule has 0 nitrogen and oxygen atoms in total. The molecule has 10 heavy (non-hydrogen) atoms. The molecule has 0 amide bonds. The molecule has 0 unspecified atom stereocenters. The van der Waals surface area contributed by atoms with E-state index in [9.17, 15) is 0 Å². The van der Waals surface area contributed by atoms with Gasteiger partial charge in [0.05, 0.1) is 4.34 Å². The summed E-state index contributed by atoms with van der Waals surface area (Å²) in [6.07, 6.45) is 2.26. The third kappa shape index (κ3) is 0.815. The van der Waals surface area contributed by atoms with Crippen molar-refractivity contribution in [2.45, 2.75) is 12.8 Å². The van der Waals surface area contributed by atoms with Gasteiger partial charge in [-0.25, -0.2) is 0 Å². The molecule has 2 rings (SSSR count). The molecule has 1 heterocycles. The molecule has 1 aromatic heterocycles. The number of halogens is 1. The van der Waals surface area contributed by atoms with Crippen LogP contribution in [-0.4, -0.2) is 0 Å². The molecule has 0 atom stereocenters. The van der Waals surface area contributed by atoms with Crippen LogP contribution in [-0.2, 0) is 6.42 Å².